The Hall–Kier alpha value is -3.85. The molecule has 12 heteroatoms. The van der Waals surface area contributed by atoms with Gasteiger partial charge < -0.3 is 35.2 Å². The fourth-order valence-electron chi connectivity index (χ4n) is 2.89. The van der Waals surface area contributed by atoms with Gasteiger partial charge in [0.15, 0.2) is 0 Å². The first-order chi connectivity index (χ1) is 15.9. The Bertz CT molecular complexity index is 951. The molecule has 3 amide bonds. The molecule has 2 atom stereocenters. The molecule has 1 aromatic rings. The molecule has 1 rings (SSSR count). The minimum absolute atomic E-state index is 0.0278. The minimum Gasteiger partial charge on any atom is -0.507 e. The van der Waals surface area contributed by atoms with E-state index in [9.17, 15) is 34.7 Å². The lowest BCUT2D eigenvalue weighted by atomic mass is 9.99. The van der Waals surface area contributed by atoms with Gasteiger partial charge in [0, 0.05) is 5.56 Å². The number of amides is 3. The van der Waals surface area contributed by atoms with Gasteiger partial charge in [-0.3, -0.25) is 14.4 Å². The molecule has 1 aromatic carbocycles. The van der Waals surface area contributed by atoms with Gasteiger partial charge in [0.25, 0.3) is 0 Å². The predicted octanol–water partition coefficient (Wildman–Crippen LogP) is 0.269. The standard InChI is InChI=1S/C22H30N4O8/c1-13-7-6-8-14(18(13)29)17(19(30)24-11-16(28)33-5)26(10-9-23)20(31)15(12-27)25-21(32)34-22(2,3)4/h6-8,15,17,27,29H,10-12H2,1-5H3,(H,24,30)(H,25,32). The first-order valence-corrected chi connectivity index (χ1v) is 10.3. The molecule has 12 nitrogen and oxygen atoms in total. The van der Waals surface area contributed by atoms with Crippen molar-refractivity contribution in [1.29, 1.82) is 5.26 Å². The van der Waals surface area contributed by atoms with Gasteiger partial charge in [0.1, 0.15) is 36.5 Å². The molecule has 0 saturated carbocycles. The van der Waals surface area contributed by atoms with E-state index in [-0.39, 0.29) is 11.3 Å². The van der Waals surface area contributed by atoms with Crippen LogP contribution in [0.1, 0.15) is 37.9 Å². The molecule has 0 aliphatic carbocycles. The zero-order chi connectivity index (χ0) is 26.1. The number of aliphatic hydroxyl groups is 1. The van der Waals surface area contributed by atoms with Crippen molar-refractivity contribution in [3.05, 3.63) is 29.3 Å². The summed E-state index contributed by atoms with van der Waals surface area (Å²) in [4.78, 5) is 50.8. The van der Waals surface area contributed by atoms with Crippen LogP contribution in [0.3, 0.4) is 0 Å². The summed E-state index contributed by atoms with van der Waals surface area (Å²) in [5.74, 6) is -2.96. The van der Waals surface area contributed by atoms with E-state index >= 15 is 0 Å². The van der Waals surface area contributed by atoms with Crippen LogP contribution in [0.15, 0.2) is 18.2 Å². The second kappa shape index (κ2) is 12.4. The molecule has 0 spiro atoms. The van der Waals surface area contributed by atoms with Gasteiger partial charge in [-0.15, -0.1) is 0 Å². The lowest BCUT2D eigenvalue weighted by molar-refractivity contribution is -0.144. The maximum absolute atomic E-state index is 13.3. The number of aromatic hydroxyl groups is 1. The Morgan fingerprint density at radius 3 is 2.41 bits per heavy atom. The average Bonchev–Trinajstić information content (AvgIpc) is 2.76. The summed E-state index contributed by atoms with van der Waals surface area (Å²) >= 11 is 0. The number of phenolic OH excluding ortho intramolecular Hbond substituents is 1. The maximum atomic E-state index is 13.3. The highest BCUT2D eigenvalue weighted by atomic mass is 16.6. The number of alkyl carbamates (subject to hydrolysis) is 1. The Kier molecular flexibility index (Phi) is 10.3. The van der Waals surface area contributed by atoms with Crippen LogP contribution in [-0.2, 0) is 23.9 Å². The van der Waals surface area contributed by atoms with E-state index in [1.54, 1.807) is 39.8 Å². The number of aryl methyl sites for hydroxylation is 1. The number of rotatable bonds is 9. The van der Waals surface area contributed by atoms with Crippen LogP contribution in [-0.4, -0.2) is 77.4 Å². The first kappa shape index (κ1) is 28.2. The minimum atomic E-state index is -1.58. The number of ether oxygens (including phenoxy) is 2. The highest BCUT2D eigenvalue weighted by molar-refractivity contribution is 5.93. The Labute approximate surface area is 197 Å². The van der Waals surface area contributed by atoms with E-state index in [1.165, 1.54) is 12.1 Å². The number of para-hydroxylation sites is 1. The number of carbonyl (C=O) groups is 4. The number of aliphatic hydroxyl groups excluding tert-OH is 1. The van der Waals surface area contributed by atoms with Gasteiger partial charge in [-0.2, -0.15) is 5.26 Å². The van der Waals surface area contributed by atoms with Crippen LogP contribution < -0.4 is 10.6 Å². The van der Waals surface area contributed by atoms with Crippen molar-refractivity contribution >= 4 is 23.9 Å². The van der Waals surface area contributed by atoms with E-state index in [2.05, 4.69) is 15.4 Å². The summed E-state index contributed by atoms with van der Waals surface area (Å²) < 4.78 is 9.59. The van der Waals surface area contributed by atoms with E-state index in [4.69, 9.17) is 4.74 Å². The molecule has 0 heterocycles. The average molecular weight is 479 g/mol. The third kappa shape index (κ3) is 7.93. The fourth-order valence-corrected chi connectivity index (χ4v) is 2.89. The third-order valence-electron chi connectivity index (χ3n) is 4.45. The van der Waals surface area contributed by atoms with Crippen molar-refractivity contribution in [2.24, 2.45) is 0 Å². The van der Waals surface area contributed by atoms with Crippen molar-refractivity contribution < 1.29 is 38.9 Å². The van der Waals surface area contributed by atoms with Gasteiger partial charge in [0.2, 0.25) is 11.8 Å². The largest absolute Gasteiger partial charge is 0.507 e. The lowest BCUT2D eigenvalue weighted by Crippen LogP contribution is -2.54. The molecule has 0 aliphatic rings. The number of hydrogen-bond donors (Lipinski definition) is 4. The van der Waals surface area contributed by atoms with Crippen molar-refractivity contribution in [1.82, 2.24) is 15.5 Å². The van der Waals surface area contributed by atoms with Crippen LogP contribution in [0.5, 0.6) is 5.75 Å². The Morgan fingerprint density at radius 2 is 1.88 bits per heavy atom. The maximum Gasteiger partial charge on any atom is 0.408 e. The summed E-state index contributed by atoms with van der Waals surface area (Å²) in [6.45, 7) is 4.34. The molecule has 2 unspecified atom stereocenters. The summed E-state index contributed by atoms with van der Waals surface area (Å²) in [6.07, 6.45) is -0.998. The van der Waals surface area contributed by atoms with E-state index in [1.807, 2.05) is 0 Å². The zero-order valence-electron chi connectivity index (χ0n) is 19.7. The molecule has 4 N–H and O–H groups in total. The van der Waals surface area contributed by atoms with Crippen LogP contribution in [0.2, 0.25) is 0 Å². The highest BCUT2D eigenvalue weighted by Gasteiger charge is 2.37. The summed E-state index contributed by atoms with van der Waals surface area (Å²) in [5, 5.41) is 34.2. The van der Waals surface area contributed by atoms with Crippen molar-refractivity contribution in [2.45, 2.75) is 45.4 Å². The first-order valence-electron chi connectivity index (χ1n) is 10.3. The SMILES string of the molecule is COC(=O)CNC(=O)C(c1cccc(C)c1O)N(CC#N)C(=O)C(CO)NC(=O)OC(C)(C)C. The molecule has 0 radical (unpaired) electrons. The quantitative estimate of drug-likeness (QED) is 0.286. The second-order valence-corrected chi connectivity index (χ2v) is 8.21. The fraction of sp³-hybridized carbons (Fsp3) is 0.500. The van der Waals surface area contributed by atoms with E-state index < -0.39 is 61.3 Å². The van der Waals surface area contributed by atoms with Gasteiger partial charge in [-0.25, -0.2) is 4.79 Å². The molecule has 34 heavy (non-hydrogen) atoms. The molecule has 0 bridgehead atoms. The van der Waals surface area contributed by atoms with Crippen molar-refractivity contribution in [3.8, 4) is 11.8 Å². The predicted molar refractivity (Wildman–Crippen MR) is 118 cm³/mol. The number of methoxy groups -OCH3 is 1. The molecule has 0 fully saturated rings. The number of benzene rings is 1. The molecule has 0 aromatic heterocycles. The molecule has 186 valence electrons. The number of nitrogens with one attached hydrogen (secondary N) is 2. The van der Waals surface area contributed by atoms with Gasteiger partial charge in [-0.05, 0) is 33.3 Å². The number of nitrogens with zero attached hydrogens (tertiary/aromatic N) is 2. The summed E-state index contributed by atoms with van der Waals surface area (Å²) in [5.41, 5.74) is -0.526. The molecular formula is C22H30N4O8. The second-order valence-electron chi connectivity index (χ2n) is 8.21. The Balaban J connectivity index is 3.41. The number of hydrogen-bond acceptors (Lipinski definition) is 9. The number of carbonyl (C=O) groups excluding carboxylic acids is 4. The highest BCUT2D eigenvalue weighted by Crippen LogP contribution is 2.32. The summed E-state index contributed by atoms with van der Waals surface area (Å²) in [6, 6.07) is 3.09. The van der Waals surface area contributed by atoms with Gasteiger partial charge in [0.05, 0.1) is 19.8 Å². The van der Waals surface area contributed by atoms with Crippen LogP contribution >= 0.6 is 0 Å². The summed E-state index contributed by atoms with van der Waals surface area (Å²) in [7, 11) is 1.12. The van der Waals surface area contributed by atoms with E-state index in [0.29, 0.717) is 5.56 Å². The molecule has 0 saturated heterocycles. The normalized spacial score (nSPS) is 12.5. The third-order valence-corrected chi connectivity index (χ3v) is 4.45. The van der Waals surface area contributed by atoms with Gasteiger partial charge >= 0.3 is 12.1 Å². The van der Waals surface area contributed by atoms with Gasteiger partial charge in [-0.1, -0.05) is 18.2 Å². The smallest absolute Gasteiger partial charge is 0.408 e. The van der Waals surface area contributed by atoms with Crippen LogP contribution in [0, 0.1) is 18.3 Å². The number of nitriles is 1. The Morgan fingerprint density at radius 1 is 1.24 bits per heavy atom. The number of esters is 1. The zero-order valence-corrected chi connectivity index (χ0v) is 19.7. The monoisotopic (exact) mass is 478 g/mol. The van der Waals surface area contributed by atoms with Crippen molar-refractivity contribution in [3.63, 3.8) is 0 Å². The van der Waals surface area contributed by atoms with Crippen LogP contribution in [0.4, 0.5) is 4.79 Å². The topological polar surface area (TPSA) is 178 Å². The molecular weight excluding hydrogens is 448 g/mol. The lowest BCUT2D eigenvalue weighted by Gasteiger charge is -2.32. The van der Waals surface area contributed by atoms with E-state index in [0.717, 1.165) is 12.0 Å². The molecule has 0 aliphatic heterocycles. The number of phenols is 1. The van der Waals surface area contributed by atoms with Crippen LogP contribution in [0.25, 0.3) is 0 Å². The van der Waals surface area contributed by atoms with Crippen molar-refractivity contribution in [2.75, 3.05) is 26.8 Å².